The van der Waals surface area contributed by atoms with Crippen molar-refractivity contribution in [2.24, 2.45) is 0 Å². The van der Waals surface area contributed by atoms with Crippen molar-refractivity contribution < 1.29 is 18.1 Å². The van der Waals surface area contributed by atoms with Crippen molar-refractivity contribution in [3.63, 3.8) is 0 Å². The van der Waals surface area contributed by atoms with Gasteiger partial charge in [0.2, 0.25) is 15.9 Å². The molecule has 9 nitrogen and oxygen atoms in total. The fraction of sp³-hybridized carbons (Fsp3) is 0.462. The number of nitro benzene ring substituents is 1. The van der Waals surface area contributed by atoms with E-state index in [0.717, 1.165) is 22.5 Å². The highest BCUT2D eigenvalue weighted by Gasteiger charge is 2.28. The van der Waals surface area contributed by atoms with E-state index in [2.05, 4.69) is 5.32 Å². The van der Waals surface area contributed by atoms with E-state index in [9.17, 15) is 23.3 Å². The number of sulfonamides is 1. The first-order chi connectivity index (χ1) is 11.2. The van der Waals surface area contributed by atoms with E-state index in [0.29, 0.717) is 26.2 Å². The van der Waals surface area contributed by atoms with Crippen LogP contribution in [-0.2, 0) is 14.8 Å². The molecule has 1 aliphatic heterocycles. The summed E-state index contributed by atoms with van der Waals surface area (Å²) < 4.78 is 26.0. The van der Waals surface area contributed by atoms with Gasteiger partial charge in [0.05, 0.1) is 16.5 Å². The number of piperazine rings is 1. The second-order valence-electron chi connectivity index (χ2n) is 5.26. The summed E-state index contributed by atoms with van der Waals surface area (Å²) in [5, 5.41) is 13.5. The predicted molar refractivity (Wildman–Crippen MR) is 87.4 cm³/mol. The summed E-state index contributed by atoms with van der Waals surface area (Å²) in [5.74, 6) is -0.305. The standard InChI is InChI=1S/C13H17ClN4O5S/c1-16(9-13(19)17-6-4-15-5-7-17)24(22,23)12-3-2-10(18(20)21)8-11(12)14/h2-3,8,15H,4-7,9H2,1H3. The topological polar surface area (TPSA) is 113 Å². The summed E-state index contributed by atoms with van der Waals surface area (Å²) >= 11 is 5.87. The maximum atomic E-state index is 12.5. The third-order valence-corrected chi connectivity index (χ3v) is 5.93. The maximum Gasteiger partial charge on any atom is 0.271 e. The van der Waals surface area contributed by atoms with Gasteiger partial charge in [0, 0.05) is 45.4 Å². The third kappa shape index (κ3) is 4.01. The lowest BCUT2D eigenvalue weighted by molar-refractivity contribution is -0.384. The smallest absolute Gasteiger partial charge is 0.271 e. The molecule has 0 bridgehead atoms. The minimum absolute atomic E-state index is 0.259. The Kier molecular flexibility index (Phi) is 5.75. The Balaban J connectivity index is 2.16. The van der Waals surface area contributed by atoms with Crippen LogP contribution in [0.15, 0.2) is 23.1 Å². The molecular formula is C13H17ClN4O5S. The minimum atomic E-state index is -4.03. The van der Waals surface area contributed by atoms with Crippen molar-refractivity contribution in [1.29, 1.82) is 0 Å². The zero-order valence-corrected chi connectivity index (χ0v) is 14.5. The molecule has 0 unspecified atom stereocenters. The molecule has 132 valence electrons. The van der Waals surface area contributed by atoms with E-state index >= 15 is 0 Å². The number of nitrogens with zero attached hydrogens (tertiary/aromatic N) is 3. The Hall–Kier alpha value is -1.75. The highest BCUT2D eigenvalue weighted by Crippen LogP contribution is 2.28. The number of nitro groups is 1. The number of hydrogen-bond donors (Lipinski definition) is 1. The van der Waals surface area contributed by atoms with Crippen molar-refractivity contribution >= 4 is 33.2 Å². The van der Waals surface area contributed by atoms with Crippen LogP contribution in [0.5, 0.6) is 0 Å². The Morgan fingerprint density at radius 1 is 1.42 bits per heavy atom. The summed E-state index contributed by atoms with van der Waals surface area (Å²) in [6.07, 6.45) is 0. The van der Waals surface area contributed by atoms with Gasteiger partial charge in [0.25, 0.3) is 5.69 Å². The van der Waals surface area contributed by atoms with Gasteiger partial charge in [-0.05, 0) is 6.07 Å². The lowest BCUT2D eigenvalue weighted by atomic mass is 10.3. The van der Waals surface area contributed by atoms with E-state index in [-0.39, 0.29) is 28.1 Å². The van der Waals surface area contributed by atoms with Gasteiger partial charge in [0.1, 0.15) is 4.90 Å². The number of carbonyl (C=O) groups excluding carboxylic acids is 1. The molecule has 11 heteroatoms. The first-order valence-electron chi connectivity index (χ1n) is 7.12. The second kappa shape index (κ2) is 7.43. The van der Waals surface area contributed by atoms with Gasteiger partial charge in [-0.25, -0.2) is 8.42 Å². The number of rotatable bonds is 5. The van der Waals surface area contributed by atoms with Crippen LogP contribution in [0.4, 0.5) is 5.69 Å². The van der Waals surface area contributed by atoms with Crippen molar-refractivity contribution in [2.75, 3.05) is 39.8 Å². The van der Waals surface area contributed by atoms with Crippen LogP contribution in [0.25, 0.3) is 0 Å². The van der Waals surface area contributed by atoms with Gasteiger partial charge >= 0.3 is 0 Å². The number of nitrogens with one attached hydrogen (secondary N) is 1. The Labute approximate surface area is 144 Å². The van der Waals surface area contributed by atoms with Crippen molar-refractivity contribution in [1.82, 2.24) is 14.5 Å². The average Bonchev–Trinajstić information content (AvgIpc) is 2.55. The van der Waals surface area contributed by atoms with Gasteiger partial charge < -0.3 is 10.2 Å². The van der Waals surface area contributed by atoms with E-state index in [1.807, 2.05) is 0 Å². The molecule has 0 radical (unpaired) electrons. The molecule has 1 saturated heterocycles. The SMILES string of the molecule is CN(CC(=O)N1CCNCC1)S(=O)(=O)c1ccc([N+](=O)[O-])cc1Cl. The van der Waals surface area contributed by atoms with E-state index in [1.54, 1.807) is 4.90 Å². The molecule has 1 aromatic carbocycles. The Morgan fingerprint density at radius 2 is 2.04 bits per heavy atom. The third-order valence-electron chi connectivity index (χ3n) is 3.64. The summed E-state index contributed by atoms with van der Waals surface area (Å²) in [5.41, 5.74) is -0.307. The van der Waals surface area contributed by atoms with Crippen LogP contribution in [0, 0.1) is 10.1 Å². The number of likely N-dealkylation sites (N-methyl/N-ethyl adjacent to an activating group) is 1. The van der Waals surface area contributed by atoms with Crippen LogP contribution in [-0.4, -0.2) is 68.2 Å². The summed E-state index contributed by atoms with van der Waals surface area (Å²) in [6, 6.07) is 3.10. The summed E-state index contributed by atoms with van der Waals surface area (Å²) in [7, 11) is -2.76. The molecule has 1 aromatic rings. The predicted octanol–water partition coefficient (Wildman–Crippen LogP) is 0.301. The van der Waals surface area contributed by atoms with Crippen LogP contribution < -0.4 is 5.32 Å². The van der Waals surface area contributed by atoms with Gasteiger partial charge in [0.15, 0.2) is 0 Å². The number of hydrogen-bond acceptors (Lipinski definition) is 6. The van der Waals surface area contributed by atoms with Gasteiger partial charge in [-0.3, -0.25) is 14.9 Å². The van der Waals surface area contributed by atoms with Gasteiger partial charge in [-0.15, -0.1) is 0 Å². The van der Waals surface area contributed by atoms with Gasteiger partial charge in [-0.1, -0.05) is 11.6 Å². The molecule has 1 amide bonds. The molecule has 1 N–H and O–H groups in total. The monoisotopic (exact) mass is 376 g/mol. The molecular weight excluding hydrogens is 360 g/mol. The average molecular weight is 377 g/mol. The van der Waals surface area contributed by atoms with Crippen molar-refractivity contribution in [2.45, 2.75) is 4.90 Å². The molecule has 0 atom stereocenters. The molecule has 1 heterocycles. The Morgan fingerprint density at radius 3 is 2.58 bits per heavy atom. The van der Waals surface area contributed by atoms with E-state index in [4.69, 9.17) is 11.6 Å². The molecule has 2 rings (SSSR count). The fourth-order valence-electron chi connectivity index (χ4n) is 2.27. The van der Waals surface area contributed by atoms with Crippen LogP contribution in [0.3, 0.4) is 0 Å². The minimum Gasteiger partial charge on any atom is -0.339 e. The number of non-ortho nitro benzene ring substituents is 1. The molecule has 1 aliphatic rings. The largest absolute Gasteiger partial charge is 0.339 e. The summed E-state index contributed by atoms with van der Waals surface area (Å²) in [4.78, 5) is 23.5. The number of halogens is 1. The van der Waals surface area contributed by atoms with Crippen LogP contribution in [0.1, 0.15) is 0 Å². The molecule has 1 fully saturated rings. The maximum absolute atomic E-state index is 12.5. The number of amides is 1. The van der Waals surface area contributed by atoms with E-state index < -0.39 is 14.9 Å². The summed E-state index contributed by atoms with van der Waals surface area (Å²) in [6.45, 7) is 2.04. The highest BCUT2D eigenvalue weighted by atomic mass is 35.5. The lowest BCUT2D eigenvalue weighted by Crippen LogP contribution is -2.49. The first kappa shape index (κ1) is 18.6. The molecule has 0 saturated carbocycles. The van der Waals surface area contributed by atoms with Crippen molar-refractivity contribution in [3.8, 4) is 0 Å². The first-order valence-corrected chi connectivity index (χ1v) is 8.94. The van der Waals surface area contributed by atoms with Crippen LogP contribution >= 0.6 is 11.6 Å². The molecule has 24 heavy (non-hydrogen) atoms. The second-order valence-corrected chi connectivity index (χ2v) is 7.68. The molecule has 0 aromatic heterocycles. The fourth-order valence-corrected chi connectivity index (χ4v) is 3.90. The zero-order valence-electron chi connectivity index (χ0n) is 12.9. The normalized spacial score (nSPS) is 15.5. The number of carbonyl (C=O) groups is 1. The molecule has 0 aliphatic carbocycles. The van der Waals surface area contributed by atoms with Crippen LogP contribution in [0.2, 0.25) is 5.02 Å². The van der Waals surface area contributed by atoms with Gasteiger partial charge in [-0.2, -0.15) is 4.31 Å². The van der Waals surface area contributed by atoms with Crippen molar-refractivity contribution in [3.05, 3.63) is 33.3 Å². The Bertz CT molecular complexity index is 749. The quantitative estimate of drug-likeness (QED) is 0.584. The number of benzene rings is 1. The lowest BCUT2D eigenvalue weighted by Gasteiger charge is -2.29. The van der Waals surface area contributed by atoms with E-state index in [1.165, 1.54) is 7.05 Å². The molecule has 0 spiro atoms. The highest BCUT2D eigenvalue weighted by molar-refractivity contribution is 7.89. The zero-order chi connectivity index (χ0) is 17.9.